The van der Waals surface area contributed by atoms with Gasteiger partial charge in [-0.25, -0.2) is 0 Å². The lowest BCUT2D eigenvalue weighted by molar-refractivity contribution is -0.136. The molecule has 2 saturated heterocycles. The zero-order valence-electron chi connectivity index (χ0n) is 16.4. The molecule has 2 fully saturated rings. The maximum absolute atomic E-state index is 13.0. The quantitative estimate of drug-likeness (QED) is 0.785. The van der Waals surface area contributed by atoms with Gasteiger partial charge >= 0.3 is 0 Å². The maximum atomic E-state index is 13.0. The Hall–Kier alpha value is -2.54. The van der Waals surface area contributed by atoms with E-state index in [0.29, 0.717) is 17.0 Å². The van der Waals surface area contributed by atoms with Crippen LogP contribution in [0.25, 0.3) is 0 Å². The zero-order valence-corrected chi connectivity index (χ0v) is 16.4. The number of rotatable bonds is 2. The molecular weight excluding hydrogens is 358 g/mol. The number of fused-ring (bicyclic) bond motifs is 1. The predicted molar refractivity (Wildman–Crippen MR) is 102 cm³/mol. The SMILES string of the molecule is CC(C)(C)N1CCC(c2ccc3c(c2)C(=O)N(C2CCC(=O)NC2=O)C3=O)C1. The second-order valence-electron chi connectivity index (χ2n) is 8.85. The van der Waals surface area contributed by atoms with Crippen LogP contribution in [-0.4, -0.2) is 58.1 Å². The van der Waals surface area contributed by atoms with Crippen molar-refractivity contribution >= 4 is 23.6 Å². The minimum Gasteiger partial charge on any atom is -0.298 e. The van der Waals surface area contributed by atoms with Crippen LogP contribution in [0.5, 0.6) is 0 Å². The van der Waals surface area contributed by atoms with Crippen molar-refractivity contribution in [2.45, 2.75) is 57.5 Å². The van der Waals surface area contributed by atoms with Crippen LogP contribution in [0.2, 0.25) is 0 Å². The third kappa shape index (κ3) is 3.03. The molecule has 0 radical (unpaired) electrons. The van der Waals surface area contributed by atoms with E-state index in [4.69, 9.17) is 0 Å². The van der Waals surface area contributed by atoms with E-state index in [-0.39, 0.29) is 24.3 Å². The lowest BCUT2D eigenvalue weighted by Crippen LogP contribution is -2.54. The molecule has 0 saturated carbocycles. The summed E-state index contributed by atoms with van der Waals surface area (Å²) >= 11 is 0. The molecule has 0 spiro atoms. The van der Waals surface area contributed by atoms with Gasteiger partial charge in [0.25, 0.3) is 11.8 Å². The lowest BCUT2D eigenvalue weighted by Gasteiger charge is -2.31. The molecule has 0 aromatic heterocycles. The van der Waals surface area contributed by atoms with Gasteiger partial charge in [0.2, 0.25) is 11.8 Å². The van der Waals surface area contributed by atoms with E-state index in [1.54, 1.807) is 6.07 Å². The summed E-state index contributed by atoms with van der Waals surface area (Å²) in [4.78, 5) is 52.7. The van der Waals surface area contributed by atoms with E-state index in [2.05, 4.69) is 31.0 Å². The molecule has 1 aromatic carbocycles. The molecule has 2 unspecified atom stereocenters. The van der Waals surface area contributed by atoms with Crippen molar-refractivity contribution in [2.24, 2.45) is 0 Å². The molecule has 4 rings (SSSR count). The van der Waals surface area contributed by atoms with Gasteiger partial charge in [0.1, 0.15) is 6.04 Å². The van der Waals surface area contributed by atoms with Gasteiger partial charge in [-0.05, 0) is 63.8 Å². The molecule has 2 atom stereocenters. The molecule has 3 heterocycles. The van der Waals surface area contributed by atoms with Gasteiger partial charge in [-0.2, -0.15) is 0 Å². The van der Waals surface area contributed by atoms with Gasteiger partial charge in [-0.3, -0.25) is 34.3 Å². The highest BCUT2D eigenvalue weighted by Gasteiger charge is 2.45. The van der Waals surface area contributed by atoms with E-state index in [1.807, 2.05) is 12.1 Å². The van der Waals surface area contributed by atoms with Crippen LogP contribution in [-0.2, 0) is 9.59 Å². The highest BCUT2D eigenvalue weighted by molar-refractivity contribution is 6.23. The van der Waals surface area contributed by atoms with Crippen LogP contribution in [0.1, 0.15) is 72.2 Å². The molecule has 0 bridgehead atoms. The Labute approximate surface area is 164 Å². The summed E-state index contributed by atoms with van der Waals surface area (Å²) in [6, 6.07) is 4.53. The first-order chi connectivity index (χ1) is 13.2. The minimum atomic E-state index is -0.920. The summed E-state index contributed by atoms with van der Waals surface area (Å²) in [6.45, 7) is 8.50. The number of carbonyl (C=O) groups is 4. The number of nitrogens with one attached hydrogen (secondary N) is 1. The van der Waals surface area contributed by atoms with Crippen molar-refractivity contribution in [3.63, 3.8) is 0 Å². The van der Waals surface area contributed by atoms with E-state index in [1.165, 1.54) is 0 Å². The fourth-order valence-electron chi connectivity index (χ4n) is 4.38. The summed E-state index contributed by atoms with van der Waals surface area (Å²) in [6.07, 6.45) is 1.31. The number of imide groups is 2. The highest BCUT2D eigenvalue weighted by Crippen LogP contribution is 2.35. The van der Waals surface area contributed by atoms with Crippen molar-refractivity contribution < 1.29 is 19.2 Å². The largest absolute Gasteiger partial charge is 0.298 e. The Kier molecular flexibility index (Phi) is 4.38. The average molecular weight is 383 g/mol. The summed E-state index contributed by atoms with van der Waals surface area (Å²) in [5.41, 5.74) is 1.85. The summed E-state index contributed by atoms with van der Waals surface area (Å²) in [7, 11) is 0. The predicted octanol–water partition coefficient (Wildman–Crippen LogP) is 1.68. The van der Waals surface area contributed by atoms with Gasteiger partial charge in [-0.1, -0.05) is 6.07 Å². The van der Waals surface area contributed by atoms with Crippen LogP contribution in [0.15, 0.2) is 18.2 Å². The first-order valence-corrected chi connectivity index (χ1v) is 9.77. The van der Waals surface area contributed by atoms with Crippen LogP contribution in [0.4, 0.5) is 0 Å². The van der Waals surface area contributed by atoms with Gasteiger partial charge in [0.15, 0.2) is 0 Å². The first-order valence-electron chi connectivity index (χ1n) is 9.77. The fourth-order valence-corrected chi connectivity index (χ4v) is 4.38. The number of nitrogens with zero attached hydrogens (tertiary/aromatic N) is 2. The molecule has 7 heteroatoms. The molecule has 4 amide bonds. The van der Waals surface area contributed by atoms with Gasteiger partial charge in [0, 0.05) is 18.5 Å². The molecule has 28 heavy (non-hydrogen) atoms. The van der Waals surface area contributed by atoms with Crippen molar-refractivity contribution in [1.82, 2.24) is 15.1 Å². The van der Waals surface area contributed by atoms with E-state index < -0.39 is 23.8 Å². The number of hydrogen-bond donors (Lipinski definition) is 1. The molecule has 1 aromatic rings. The van der Waals surface area contributed by atoms with Crippen LogP contribution < -0.4 is 5.32 Å². The van der Waals surface area contributed by atoms with Crippen LogP contribution in [0.3, 0.4) is 0 Å². The topological polar surface area (TPSA) is 86.8 Å². The molecule has 148 valence electrons. The molecular formula is C21H25N3O4. The number of amides is 4. The summed E-state index contributed by atoms with van der Waals surface area (Å²) < 4.78 is 0. The molecule has 1 N–H and O–H groups in total. The number of benzene rings is 1. The Morgan fingerprint density at radius 2 is 1.71 bits per heavy atom. The number of carbonyl (C=O) groups excluding carboxylic acids is 4. The monoisotopic (exact) mass is 383 g/mol. The minimum absolute atomic E-state index is 0.0971. The third-order valence-corrected chi connectivity index (χ3v) is 6.07. The smallest absolute Gasteiger partial charge is 0.262 e. The second kappa shape index (κ2) is 6.51. The summed E-state index contributed by atoms with van der Waals surface area (Å²) in [5.74, 6) is -1.53. The Bertz CT molecular complexity index is 886. The molecule has 3 aliphatic heterocycles. The van der Waals surface area contributed by atoms with Crippen molar-refractivity contribution in [3.05, 3.63) is 34.9 Å². The Morgan fingerprint density at radius 1 is 1.00 bits per heavy atom. The number of piperidine rings is 1. The fraction of sp³-hybridized carbons (Fsp3) is 0.524. The first kappa shape index (κ1) is 18.8. The molecule has 7 nitrogen and oxygen atoms in total. The normalized spacial score (nSPS) is 26.0. The van der Waals surface area contributed by atoms with Gasteiger partial charge in [-0.15, -0.1) is 0 Å². The maximum Gasteiger partial charge on any atom is 0.262 e. The Morgan fingerprint density at radius 3 is 2.36 bits per heavy atom. The summed E-state index contributed by atoms with van der Waals surface area (Å²) in [5, 5.41) is 2.22. The van der Waals surface area contributed by atoms with Crippen LogP contribution >= 0.6 is 0 Å². The number of hydrogen-bond acceptors (Lipinski definition) is 5. The van der Waals surface area contributed by atoms with Crippen LogP contribution in [0, 0.1) is 0 Å². The van der Waals surface area contributed by atoms with Crippen molar-refractivity contribution in [1.29, 1.82) is 0 Å². The van der Waals surface area contributed by atoms with Crippen molar-refractivity contribution in [3.8, 4) is 0 Å². The Balaban J connectivity index is 1.58. The third-order valence-electron chi connectivity index (χ3n) is 6.07. The van der Waals surface area contributed by atoms with Gasteiger partial charge < -0.3 is 0 Å². The lowest BCUT2D eigenvalue weighted by atomic mass is 9.94. The molecule has 0 aliphatic carbocycles. The van der Waals surface area contributed by atoms with E-state index in [0.717, 1.165) is 30.0 Å². The second-order valence-corrected chi connectivity index (χ2v) is 8.85. The van der Waals surface area contributed by atoms with E-state index >= 15 is 0 Å². The average Bonchev–Trinajstić information content (AvgIpc) is 3.21. The zero-order chi connectivity index (χ0) is 20.2. The highest BCUT2D eigenvalue weighted by atomic mass is 16.2. The van der Waals surface area contributed by atoms with E-state index in [9.17, 15) is 19.2 Å². The standard InChI is InChI=1S/C21H25N3O4/c1-21(2,3)23-9-8-13(11-23)12-4-5-14-15(10-12)20(28)24(19(14)27)16-6-7-17(25)22-18(16)26/h4-5,10,13,16H,6-9,11H2,1-3H3,(H,22,25,26). The van der Waals surface area contributed by atoms with Crippen molar-refractivity contribution in [2.75, 3.05) is 13.1 Å². The number of likely N-dealkylation sites (tertiary alicyclic amines) is 1. The molecule has 3 aliphatic rings. The van der Waals surface area contributed by atoms with Gasteiger partial charge in [0.05, 0.1) is 11.1 Å².